The standard InChI is InChI=1S/C31H35N3O4S/c1-5-6-11-23-19-21-10-7-8-12-24(21)30(33-23)38-17-16-34(2,3)28(31(36)37-4)25-15-14-22(29(32)35)20-26(25)27-13-9-18-39-27/h7-10,12-15,18-20,28H,5-6,11,16-17H2,1-4H3,(H-,32,35)/p+1/t28-/m1/s1. The Labute approximate surface area is 233 Å². The van der Waals surface area contributed by atoms with Crippen LogP contribution in [-0.2, 0) is 16.0 Å². The molecular weight excluding hydrogens is 510 g/mol. The van der Waals surface area contributed by atoms with E-state index in [9.17, 15) is 9.59 Å². The molecule has 39 heavy (non-hydrogen) atoms. The highest BCUT2D eigenvalue weighted by Gasteiger charge is 2.39. The number of amides is 1. The number of aromatic nitrogens is 1. The van der Waals surface area contributed by atoms with E-state index in [4.69, 9.17) is 20.2 Å². The number of pyridine rings is 1. The van der Waals surface area contributed by atoms with E-state index >= 15 is 0 Å². The Kier molecular flexibility index (Phi) is 8.99. The molecule has 7 nitrogen and oxygen atoms in total. The number of hydrogen-bond acceptors (Lipinski definition) is 6. The Morgan fingerprint density at radius 3 is 2.56 bits per heavy atom. The molecule has 1 atom stereocenters. The lowest BCUT2D eigenvalue weighted by Gasteiger charge is -2.37. The second-order valence-electron chi connectivity index (χ2n) is 10.2. The number of rotatable bonds is 12. The van der Waals surface area contributed by atoms with Crippen LogP contribution in [0, 0.1) is 0 Å². The number of unbranched alkanes of at least 4 members (excludes halogenated alkanes) is 1. The first-order valence-corrected chi connectivity index (χ1v) is 14.0. The van der Waals surface area contributed by atoms with E-state index < -0.39 is 11.9 Å². The molecular formula is C31H36N3O4S+. The molecule has 0 aliphatic heterocycles. The van der Waals surface area contributed by atoms with Crippen molar-refractivity contribution in [2.45, 2.75) is 32.2 Å². The molecule has 0 aliphatic carbocycles. The summed E-state index contributed by atoms with van der Waals surface area (Å²) in [5.41, 5.74) is 8.54. The van der Waals surface area contributed by atoms with Crippen LogP contribution in [0.5, 0.6) is 5.88 Å². The highest BCUT2D eigenvalue weighted by molar-refractivity contribution is 7.13. The predicted molar refractivity (Wildman–Crippen MR) is 156 cm³/mol. The van der Waals surface area contributed by atoms with Gasteiger partial charge in [-0.05, 0) is 53.9 Å². The van der Waals surface area contributed by atoms with Crippen molar-refractivity contribution in [2.24, 2.45) is 5.73 Å². The number of methoxy groups -OCH3 is 1. The first kappa shape index (κ1) is 28.3. The van der Waals surface area contributed by atoms with Crippen molar-refractivity contribution in [3.63, 3.8) is 0 Å². The van der Waals surface area contributed by atoms with Crippen molar-refractivity contribution in [3.05, 3.63) is 82.9 Å². The highest BCUT2D eigenvalue weighted by Crippen LogP contribution is 2.37. The van der Waals surface area contributed by atoms with Crippen LogP contribution in [0.1, 0.15) is 47.4 Å². The van der Waals surface area contributed by atoms with E-state index in [1.807, 2.05) is 55.9 Å². The second-order valence-corrected chi connectivity index (χ2v) is 11.1. The third kappa shape index (κ3) is 6.46. The normalized spacial score (nSPS) is 12.3. The predicted octanol–water partition coefficient (Wildman–Crippen LogP) is 5.77. The third-order valence-corrected chi connectivity index (χ3v) is 7.90. The van der Waals surface area contributed by atoms with E-state index in [1.165, 1.54) is 18.4 Å². The fourth-order valence-corrected chi connectivity index (χ4v) is 5.58. The number of benzene rings is 2. The van der Waals surface area contributed by atoms with Gasteiger partial charge in [0.15, 0.2) is 0 Å². The summed E-state index contributed by atoms with van der Waals surface area (Å²) in [5.74, 6) is -0.273. The summed E-state index contributed by atoms with van der Waals surface area (Å²) in [5, 5.41) is 4.03. The topological polar surface area (TPSA) is 91.5 Å². The van der Waals surface area contributed by atoms with E-state index in [0.29, 0.717) is 24.6 Å². The van der Waals surface area contributed by atoms with Crippen LogP contribution in [0.25, 0.3) is 21.2 Å². The molecule has 0 saturated carbocycles. The van der Waals surface area contributed by atoms with Gasteiger partial charge >= 0.3 is 5.97 Å². The first-order valence-electron chi connectivity index (χ1n) is 13.1. The van der Waals surface area contributed by atoms with Gasteiger partial charge in [0.05, 0.1) is 21.2 Å². The number of thiophene rings is 1. The van der Waals surface area contributed by atoms with Gasteiger partial charge in [-0.1, -0.05) is 43.7 Å². The molecule has 0 unspecified atom stereocenters. The monoisotopic (exact) mass is 546 g/mol. The van der Waals surface area contributed by atoms with Gasteiger partial charge in [-0.3, -0.25) is 4.79 Å². The van der Waals surface area contributed by atoms with Crippen molar-refractivity contribution in [1.29, 1.82) is 0 Å². The van der Waals surface area contributed by atoms with Crippen LogP contribution in [0.2, 0.25) is 0 Å². The van der Waals surface area contributed by atoms with Crippen molar-refractivity contribution >= 4 is 34.0 Å². The summed E-state index contributed by atoms with van der Waals surface area (Å²) in [6, 6.07) is 18.7. The van der Waals surface area contributed by atoms with Gasteiger partial charge in [0.2, 0.25) is 17.8 Å². The number of likely N-dealkylation sites (N-methyl/N-ethyl adjacent to an activating group) is 1. The van der Waals surface area contributed by atoms with Crippen LogP contribution in [0.4, 0.5) is 0 Å². The van der Waals surface area contributed by atoms with Gasteiger partial charge in [0, 0.05) is 32.6 Å². The van der Waals surface area contributed by atoms with Crippen LogP contribution in [0.3, 0.4) is 0 Å². The number of primary amides is 1. The maximum atomic E-state index is 13.3. The molecule has 2 aromatic heterocycles. The molecule has 0 radical (unpaired) electrons. The number of quaternary nitrogens is 1. The molecule has 4 rings (SSSR count). The molecule has 2 N–H and O–H groups in total. The summed E-state index contributed by atoms with van der Waals surface area (Å²) in [6.45, 7) is 3.03. The van der Waals surface area contributed by atoms with Crippen molar-refractivity contribution in [2.75, 3.05) is 34.4 Å². The van der Waals surface area contributed by atoms with E-state index in [2.05, 4.69) is 19.1 Å². The molecule has 0 saturated heterocycles. The summed E-state index contributed by atoms with van der Waals surface area (Å²) in [7, 11) is 5.36. The Morgan fingerprint density at radius 2 is 1.87 bits per heavy atom. The van der Waals surface area contributed by atoms with Crippen LogP contribution in [-0.4, -0.2) is 55.7 Å². The van der Waals surface area contributed by atoms with Gasteiger partial charge in [0.25, 0.3) is 0 Å². The van der Waals surface area contributed by atoms with Crippen molar-refractivity contribution in [3.8, 4) is 16.3 Å². The van der Waals surface area contributed by atoms with Gasteiger partial charge in [-0.25, -0.2) is 9.78 Å². The van der Waals surface area contributed by atoms with E-state index in [1.54, 1.807) is 12.1 Å². The molecule has 0 aliphatic rings. The minimum atomic E-state index is -0.654. The SMILES string of the molecule is CCCCc1cc2ccccc2c(OCC[N+](C)(C)[C@@H](C(=O)OC)c2ccc(C(N)=O)cc2-c2cccs2)n1. The molecule has 8 heteroatoms. The van der Waals surface area contributed by atoms with Gasteiger partial charge in [0.1, 0.15) is 13.2 Å². The number of carbonyl (C=O) groups excluding carboxylic acids is 2. The van der Waals surface area contributed by atoms with Crippen LogP contribution < -0.4 is 10.5 Å². The fourth-order valence-electron chi connectivity index (χ4n) is 4.82. The van der Waals surface area contributed by atoms with Gasteiger partial charge in [-0.15, -0.1) is 11.3 Å². The average Bonchev–Trinajstić information content (AvgIpc) is 3.46. The minimum Gasteiger partial charge on any atom is -0.471 e. The lowest BCUT2D eigenvalue weighted by molar-refractivity contribution is -0.912. The zero-order valence-corrected chi connectivity index (χ0v) is 23.8. The van der Waals surface area contributed by atoms with Gasteiger partial charge in [-0.2, -0.15) is 0 Å². The lowest BCUT2D eigenvalue weighted by Crippen LogP contribution is -2.49. The number of ether oxygens (including phenoxy) is 2. The number of fused-ring (bicyclic) bond motifs is 1. The van der Waals surface area contributed by atoms with Gasteiger partial charge < -0.3 is 19.7 Å². The lowest BCUT2D eigenvalue weighted by atomic mass is 9.94. The number of nitrogens with two attached hydrogens (primary N) is 1. The smallest absolute Gasteiger partial charge is 0.369 e. The molecule has 204 valence electrons. The maximum Gasteiger partial charge on any atom is 0.369 e. The van der Waals surface area contributed by atoms with Crippen LogP contribution >= 0.6 is 11.3 Å². The minimum absolute atomic E-state index is 0.272. The largest absolute Gasteiger partial charge is 0.471 e. The zero-order chi connectivity index (χ0) is 28.0. The van der Waals surface area contributed by atoms with Crippen molar-refractivity contribution in [1.82, 2.24) is 4.98 Å². The number of carbonyl (C=O) groups is 2. The Balaban J connectivity index is 1.64. The summed E-state index contributed by atoms with van der Waals surface area (Å²) < 4.78 is 11.8. The molecule has 4 aromatic rings. The first-order chi connectivity index (χ1) is 18.7. The highest BCUT2D eigenvalue weighted by atomic mass is 32.1. The Hall–Kier alpha value is -3.75. The molecule has 0 bridgehead atoms. The van der Waals surface area contributed by atoms with Crippen LogP contribution in [0.15, 0.2) is 66.0 Å². The molecule has 0 fully saturated rings. The second kappa shape index (κ2) is 12.4. The maximum absolute atomic E-state index is 13.3. The average molecular weight is 547 g/mol. The summed E-state index contributed by atoms with van der Waals surface area (Å²) in [4.78, 5) is 31.0. The number of aryl methyl sites for hydroxylation is 1. The van der Waals surface area contributed by atoms with E-state index in [-0.39, 0.29) is 10.5 Å². The number of hydrogen-bond donors (Lipinski definition) is 1. The number of esters is 1. The molecule has 0 spiro atoms. The molecule has 2 aromatic carbocycles. The fraction of sp³-hybridized carbons (Fsp3) is 0.323. The Morgan fingerprint density at radius 1 is 1.08 bits per heavy atom. The Bertz CT molecular complexity index is 1450. The summed E-state index contributed by atoms with van der Waals surface area (Å²) in [6.07, 6.45) is 3.06. The zero-order valence-electron chi connectivity index (χ0n) is 23.0. The summed E-state index contributed by atoms with van der Waals surface area (Å²) >= 11 is 1.54. The van der Waals surface area contributed by atoms with Crippen molar-refractivity contribution < 1.29 is 23.5 Å². The number of nitrogens with zero attached hydrogens (tertiary/aromatic N) is 2. The quantitative estimate of drug-likeness (QED) is 0.180. The van der Waals surface area contributed by atoms with E-state index in [0.717, 1.165) is 51.7 Å². The molecule has 2 heterocycles. The third-order valence-electron chi connectivity index (χ3n) is 6.99. The molecule has 1 amide bonds.